The Morgan fingerprint density at radius 1 is 1.07 bits per heavy atom. The van der Waals surface area contributed by atoms with Gasteiger partial charge < -0.3 is 10.6 Å². The highest BCUT2D eigenvalue weighted by atomic mass is 32.1. The number of carbonyl (C=O) groups excluding carboxylic acids is 2. The molecule has 3 N–H and O–H groups in total. The highest BCUT2D eigenvalue weighted by Gasteiger charge is 2.18. The van der Waals surface area contributed by atoms with Crippen LogP contribution in [0.3, 0.4) is 0 Å². The molecule has 0 spiro atoms. The number of anilines is 1. The first kappa shape index (κ1) is 22.7. The van der Waals surface area contributed by atoms with E-state index in [-0.39, 0.29) is 16.7 Å². The molecule has 0 unspecified atom stereocenters. The van der Waals surface area contributed by atoms with Crippen molar-refractivity contribution in [2.45, 2.75) is 26.3 Å². The summed E-state index contributed by atoms with van der Waals surface area (Å²) in [7, 11) is 0. The summed E-state index contributed by atoms with van der Waals surface area (Å²) in [4.78, 5) is 34.7. The molecule has 8 nitrogen and oxygen atoms in total. The summed E-state index contributed by atoms with van der Waals surface area (Å²) in [6.07, 6.45) is 2.76. The van der Waals surface area contributed by atoms with E-state index in [4.69, 9.17) is 12.2 Å². The maximum Gasteiger partial charge on any atom is 0.269 e. The number of nitrogens with one attached hydrogen (secondary N) is 3. The van der Waals surface area contributed by atoms with Crippen LogP contribution < -0.4 is 16.0 Å². The fourth-order valence-electron chi connectivity index (χ4n) is 2.38. The van der Waals surface area contributed by atoms with Crippen LogP contribution in [0.15, 0.2) is 54.6 Å². The molecule has 0 bridgehead atoms. The molecule has 2 aromatic rings. The van der Waals surface area contributed by atoms with E-state index in [9.17, 15) is 19.7 Å². The van der Waals surface area contributed by atoms with Crippen molar-refractivity contribution >= 4 is 46.6 Å². The average molecular weight is 426 g/mol. The van der Waals surface area contributed by atoms with Gasteiger partial charge in [0.25, 0.3) is 11.6 Å². The molecule has 0 aliphatic rings. The predicted molar refractivity (Wildman–Crippen MR) is 120 cm³/mol. The number of benzene rings is 2. The van der Waals surface area contributed by atoms with Gasteiger partial charge in [-0.2, -0.15) is 0 Å². The zero-order chi connectivity index (χ0) is 22.3. The molecule has 30 heavy (non-hydrogen) atoms. The minimum absolute atomic E-state index is 0.0313. The Morgan fingerprint density at radius 3 is 2.30 bits per heavy atom. The largest absolute Gasteiger partial charge is 0.347 e. The Bertz CT molecular complexity index is 995. The molecular formula is C21H22N4O4S. The maximum atomic E-state index is 12.5. The highest BCUT2D eigenvalue weighted by molar-refractivity contribution is 7.80. The lowest BCUT2D eigenvalue weighted by atomic mass is 10.1. The monoisotopic (exact) mass is 426 g/mol. The van der Waals surface area contributed by atoms with E-state index in [2.05, 4.69) is 16.0 Å². The molecule has 0 aliphatic heterocycles. The van der Waals surface area contributed by atoms with Gasteiger partial charge >= 0.3 is 0 Å². The van der Waals surface area contributed by atoms with Crippen LogP contribution in [-0.4, -0.2) is 27.4 Å². The Hall–Kier alpha value is -3.59. The van der Waals surface area contributed by atoms with E-state index < -0.39 is 16.4 Å². The summed E-state index contributed by atoms with van der Waals surface area (Å²) in [5.74, 6) is -0.750. The Labute approximate surface area is 179 Å². The average Bonchev–Trinajstić information content (AvgIpc) is 2.65. The zero-order valence-corrected chi connectivity index (χ0v) is 17.6. The SMILES string of the molecule is CC(C)(C)NC(=O)c1ccccc1NC(=S)NC(=O)/C=C/c1ccc([N+](=O)[O-])cc1. The quantitative estimate of drug-likeness (QED) is 0.291. The van der Waals surface area contributed by atoms with Crippen molar-refractivity contribution in [1.29, 1.82) is 0 Å². The number of carbonyl (C=O) groups is 2. The maximum absolute atomic E-state index is 12.5. The van der Waals surface area contributed by atoms with E-state index >= 15 is 0 Å². The number of amides is 2. The molecule has 156 valence electrons. The number of hydrogen-bond acceptors (Lipinski definition) is 5. The number of para-hydroxylation sites is 1. The minimum Gasteiger partial charge on any atom is -0.347 e. The van der Waals surface area contributed by atoms with Crippen molar-refractivity contribution in [1.82, 2.24) is 10.6 Å². The fourth-order valence-corrected chi connectivity index (χ4v) is 2.59. The topological polar surface area (TPSA) is 113 Å². The Balaban J connectivity index is 1.99. The summed E-state index contributed by atoms with van der Waals surface area (Å²) >= 11 is 5.16. The van der Waals surface area contributed by atoms with Gasteiger partial charge in [-0.25, -0.2) is 0 Å². The molecule has 0 aliphatic carbocycles. The van der Waals surface area contributed by atoms with Crippen LogP contribution in [0.1, 0.15) is 36.7 Å². The zero-order valence-electron chi connectivity index (χ0n) is 16.8. The molecule has 0 radical (unpaired) electrons. The Morgan fingerprint density at radius 2 is 1.70 bits per heavy atom. The van der Waals surface area contributed by atoms with E-state index in [0.29, 0.717) is 16.8 Å². The first-order valence-electron chi connectivity index (χ1n) is 9.01. The number of thiocarbonyl (C=S) groups is 1. The second-order valence-electron chi connectivity index (χ2n) is 7.38. The van der Waals surface area contributed by atoms with Crippen LogP contribution in [0.4, 0.5) is 11.4 Å². The number of non-ortho nitro benzene ring substituents is 1. The van der Waals surface area contributed by atoms with Gasteiger partial charge in [-0.1, -0.05) is 12.1 Å². The molecule has 2 rings (SSSR count). The summed E-state index contributed by atoms with van der Waals surface area (Å²) in [5, 5.41) is 18.9. The van der Waals surface area contributed by atoms with Crippen molar-refractivity contribution in [3.05, 3.63) is 75.8 Å². The van der Waals surface area contributed by atoms with E-state index in [1.54, 1.807) is 24.3 Å². The number of nitro benzene ring substituents is 1. The third kappa shape index (κ3) is 7.10. The van der Waals surface area contributed by atoms with Crippen LogP contribution in [0.25, 0.3) is 6.08 Å². The number of hydrogen-bond donors (Lipinski definition) is 3. The molecule has 2 amide bonds. The van der Waals surface area contributed by atoms with Crippen LogP contribution in [0.5, 0.6) is 0 Å². The molecule has 0 saturated heterocycles. The number of nitro groups is 1. The van der Waals surface area contributed by atoms with Gasteiger partial charge in [0.1, 0.15) is 0 Å². The van der Waals surface area contributed by atoms with Gasteiger partial charge in [-0.3, -0.25) is 25.0 Å². The number of nitrogens with zero attached hydrogens (tertiary/aromatic N) is 1. The molecule has 0 atom stereocenters. The summed E-state index contributed by atoms with van der Waals surface area (Å²) < 4.78 is 0. The van der Waals surface area contributed by atoms with E-state index in [0.717, 1.165) is 0 Å². The third-order valence-electron chi connectivity index (χ3n) is 3.68. The van der Waals surface area contributed by atoms with Crippen LogP contribution in [-0.2, 0) is 4.79 Å². The van der Waals surface area contributed by atoms with Crippen molar-refractivity contribution in [2.24, 2.45) is 0 Å². The third-order valence-corrected chi connectivity index (χ3v) is 3.88. The molecule has 0 heterocycles. The van der Waals surface area contributed by atoms with Crippen molar-refractivity contribution in [3.8, 4) is 0 Å². The van der Waals surface area contributed by atoms with Gasteiger partial charge in [0.15, 0.2) is 5.11 Å². The van der Waals surface area contributed by atoms with Crippen LogP contribution in [0, 0.1) is 10.1 Å². The highest BCUT2D eigenvalue weighted by Crippen LogP contribution is 2.16. The predicted octanol–water partition coefficient (Wildman–Crippen LogP) is 3.65. The van der Waals surface area contributed by atoms with E-state index in [1.807, 2.05) is 20.8 Å². The molecule has 0 saturated carbocycles. The van der Waals surface area contributed by atoms with Crippen molar-refractivity contribution < 1.29 is 14.5 Å². The second kappa shape index (κ2) is 9.75. The van der Waals surface area contributed by atoms with Gasteiger partial charge in [-0.05, 0) is 68.9 Å². The normalized spacial score (nSPS) is 11.0. The molecule has 0 aromatic heterocycles. The van der Waals surface area contributed by atoms with Crippen LogP contribution in [0.2, 0.25) is 0 Å². The molecular weight excluding hydrogens is 404 g/mol. The molecule has 2 aromatic carbocycles. The van der Waals surface area contributed by atoms with Gasteiger partial charge in [0.2, 0.25) is 5.91 Å². The minimum atomic E-state index is -0.496. The fraction of sp³-hybridized carbons (Fsp3) is 0.190. The molecule has 9 heteroatoms. The first-order chi connectivity index (χ1) is 14.0. The van der Waals surface area contributed by atoms with E-state index in [1.165, 1.54) is 36.4 Å². The van der Waals surface area contributed by atoms with Gasteiger partial charge in [0, 0.05) is 23.7 Å². The number of rotatable bonds is 5. The van der Waals surface area contributed by atoms with Crippen LogP contribution >= 0.6 is 12.2 Å². The van der Waals surface area contributed by atoms with Gasteiger partial charge in [0.05, 0.1) is 16.2 Å². The van der Waals surface area contributed by atoms with Crippen molar-refractivity contribution in [2.75, 3.05) is 5.32 Å². The van der Waals surface area contributed by atoms with Gasteiger partial charge in [-0.15, -0.1) is 0 Å². The smallest absolute Gasteiger partial charge is 0.269 e. The second-order valence-corrected chi connectivity index (χ2v) is 7.78. The van der Waals surface area contributed by atoms with Crippen molar-refractivity contribution in [3.63, 3.8) is 0 Å². The summed E-state index contributed by atoms with van der Waals surface area (Å²) in [6, 6.07) is 12.6. The first-order valence-corrected chi connectivity index (χ1v) is 9.42. The lowest BCUT2D eigenvalue weighted by Gasteiger charge is -2.21. The Kier molecular flexibility index (Phi) is 7.38. The lowest BCUT2D eigenvalue weighted by molar-refractivity contribution is -0.384. The summed E-state index contributed by atoms with van der Waals surface area (Å²) in [5.41, 5.74) is 1.05. The lowest BCUT2D eigenvalue weighted by Crippen LogP contribution is -2.41. The standard InChI is InChI=1S/C21H22N4O4S/c1-21(2,3)24-19(27)16-6-4-5-7-17(16)22-20(30)23-18(26)13-10-14-8-11-15(12-9-14)25(28)29/h4-13H,1-3H3,(H,24,27)(H2,22,23,26,30)/b13-10+. The molecule has 0 fully saturated rings. The summed E-state index contributed by atoms with van der Waals surface area (Å²) in [6.45, 7) is 5.63.